The van der Waals surface area contributed by atoms with Crippen LogP contribution in [-0.2, 0) is 5.41 Å². The van der Waals surface area contributed by atoms with Gasteiger partial charge in [0.2, 0.25) is 0 Å². The summed E-state index contributed by atoms with van der Waals surface area (Å²) in [4.78, 5) is 12.5. The lowest BCUT2D eigenvalue weighted by atomic mass is 9.49. The first-order valence-corrected chi connectivity index (χ1v) is 11.0. The molecule has 152 valence electrons. The van der Waals surface area contributed by atoms with Crippen molar-refractivity contribution in [1.29, 1.82) is 0 Å². The minimum Gasteiger partial charge on any atom is -0.465 e. The van der Waals surface area contributed by atoms with Crippen molar-refractivity contribution in [3.8, 4) is 5.69 Å². The maximum atomic E-state index is 12.5. The zero-order valence-corrected chi connectivity index (χ0v) is 16.9. The molecule has 0 aliphatic heterocycles. The number of rotatable bonds is 5. The predicted octanol–water partition coefficient (Wildman–Crippen LogP) is 5.22. The smallest absolute Gasteiger partial charge is 0.185 e. The zero-order chi connectivity index (χ0) is 20.1. The van der Waals surface area contributed by atoms with Crippen molar-refractivity contribution < 1.29 is 9.21 Å². The summed E-state index contributed by atoms with van der Waals surface area (Å²) >= 11 is 0. The lowest BCUT2D eigenvalue weighted by Crippen LogP contribution is -2.49. The second-order valence-corrected chi connectivity index (χ2v) is 9.49. The van der Waals surface area contributed by atoms with E-state index in [9.17, 15) is 4.79 Å². The topological polar surface area (TPSA) is 60.9 Å². The van der Waals surface area contributed by atoms with Crippen molar-refractivity contribution in [1.82, 2.24) is 15.0 Å². The first kappa shape index (κ1) is 17.9. The molecule has 4 bridgehead atoms. The fraction of sp³-hybridized carbons (Fsp3) is 0.400. The number of furan rings is 1. The molecule has 7 rings (SSSR count). The van der Waals surface area contributed by atoms with Crippen LogP contribution in [0.4, 0.5) is 0 Å². The van der Waals surface area contributed by atoms with Gasteiger partial charge in [0.05, 0.1) is 23.8 Å². The van der Waals surface area contributed by atoms with E-state index in [2.05, 4.69) is 10.3 Å². The van der Waals surface area contributed by atoms with Crippen LogP contribution in [0.1, 0.15) is 60.3 Å². The molecule has 1 aromatic carbocycles. The van der Waals surface area contributed by atoms with Crippen molar-refractivity contribution >= 4 is 11.9 Å². The molecule has 0 spiro atoms. The van der Waals surface area contributed by atoms with Crippen LogP contribution >= 0.6 is 0 Å². The van der Waals surface area contributed by atoms with Crippen LogP contribution in [0.2, 0.25) is 0 Å². The van der Waals surface area contributed by atoms with Crippen LogP contribution in [0.5, 0.6) is 0 Å². The summed E-state index contributed by atoms with van der Waals surface area (Å²) in [5, 5.41) is 8.74. The molecule has 2 aromatic heterocycles. The van der Waals surface area contributed by atoms with Gasteiger partial charge in [0, 0.05) is 11.0 Å². The molecule has 0 N–H and O–H groups in total. The number of benzene rings is 1. The molecule has 30 heavy (non-hydrogen) atoms. The Hall–Kier alpha value is -2.95. The van der Waals surface area contributed by atoms with E-state index in [0.717, 1.165) is 23.4 Å². The van der Waals surface area contributed by atoms with Crippen LogP contribution in [0.3, 0.4) is 0 Å². The summed E-state index contributed by atoms with van der Waals surface area (Å²) in [7, 11) is 0. The second kappa shape index (κ2) is 6.79. The van der Waals surface area contributed by atoms with Crippen molar-refractivity contribution in [2.24, 2.45) is 17.8 Å². The number of allylic oxidation sites excluding steroid dienone is 1. The van der Waals surface area contributed by atoms with Gasteiger partial charge in [-0.15, -0.1) is 5.10 Å². The van der Waals surface area contributed by atoms with Gasteiger partial charge in [0.25, 0.3) is 0 Å². The van der Waals surface area contributed by atoms with E-state index >= 15 is 0 Å². The van der Waals surface area contributed by atoms with E-state index < -0.39 is 0 Å². The molecule has 4 fully saturated rings. The van der Waals surface area contributed by atoms with Gasteiger partial charge in [-0.3, -0.25) is 4.79 Å². The summed E-state index contributed by atoms with van der Waals surface area (Å²) in [5.74, 6) is 3.25. The summed E-state index contributed by atoms with van der Waals surface area (Å²) in [6.07, 6.45) is 14.9. The molecule has 0 atom stereocenters. The lowest BCUT2D eigenvalue weighted by molar-refractivity contribution is -0.00828. The number of hydrogen-bond acceptors (Lipinski definition) is 4. The normalized spacial score (nSPS) is 29.7. The van der Waals surface area contributed by atoms with Gasteiger partial charge < -0.3 is 4.42 Å². The molecular weight excluding hydrogens is 374 g/mol. The lowest BCUT2D eigenvalue weighted by Gasteiger charge is -2.56. The third-order valence-electron chi connectivity index (χ3n) is 7.47. The standard InChI is InChI=1S/C25H25N3O2/c29-23(8-7-22-2-1-9-30-22)20-3-5-21(6-4-20)28-24(16-26-27-28)25-13-17-10-18(14-25)12-19(11-17)15-25/h1-9,16-19H,10-15H2. The number of carbonyl (C=O) groups excluding carboxylic acids is 1. The molecule has 4 aliphatic rings. The molecule has 0 radical (unpaired) electrons. The monoisotopic (exact) mass is 399 g/mol. The highest BCUT2D eigenvalue weighted by molar-refractivity contribution is 6.06. The van der Waals surface area contributed by atoms with E-state index in [0.29, 0.717) is 11.3 Å². The number of carbonyl (C=O) groups is 1. The van der Waals surface area contributed by atoms with E-state index in [1.165, 1.54) is 44.2 Å². The largest absolute Gasteiger partial charge is 0.465 e. The van der Waals surface area contributed by atoms with Gasteiger partial charge in [-0.05, 0) is 105 Å². The predicted molar refractivity (Wildman–Crippen MR) is 113 cm³/mol. The average molecular weight is 399 g/mol. The summed E-state index contributed by atoms with van der Waals surface area (Å²) < 4.78 is 7.26. The quantitative estimate of drug-likeness (QED) is 0.436. The molecule has 5 nitrogen and oxygen atoms in total. The Morgan fingerprint density at radius 2 is 1.73 bits per heavy atom. The highest BCUT2D eigenvalue weighted by Gasteiger charge is 2.53. The van der Waals surface area contributed by atoms with Gasteiger partial charge in [0.1, 0.15) is 5.76 Å². The Balaban J connectivity index is 1.27. The molecule has 4 aliphatic carbocycles. The highest BCUT2D eigenvalue weighted by atomic mass is 16.3. The molecule has 0 unspecified atom stereocenters. The van der Waals surface area contributed by atoms with E-state index in [4.69, 9.17) is 4.42 Å². The van der Waals surface area contributed by atoms with Crippen molar-refractivity contribution in [2.45, 2.75) is 43.9 Å². The van der Waals surface area contributed by atoms with Crippen molar-refractivity contribution in [3.05, 3.63) is 72.0 Å². The van der Waals surface area contributed by atoms with Gasteiger partial charge in [-0.1, -0.05) is 5.21 Å². The van der Waals surface area contributed by atoms with Crippen LogP contribution in [0.25, 0.3) is 11.8 Å². The van der Waals surface area contributed by atoms with Gasteiger partial charge in [-0.25, -0.2) is 4.68 Å². The number of nitrogens with zero attached hydrogens (tertiary/aromatic N) is 3. The third-order valence-corrected chi connectivity index (χ3v) is 7.47. The molecule has 2 heterocycles. The summed E-state index contributed by atoms with van der Waals surface area (Å²) in [5.41, 5.74) is 3.12. The van der Waals surface area contributed by atoms with E-state index in [1.807, 2.05) is 41.2 Å². The maximum Gasteiger partial charge on any atom is 0.185 e. The van der Waals surface area contributed by atoms with E-state index in [1.54, 1.807) is 24.5 Å². The molecule has 0 saturated heterocycles. The molecular formula is C25H25N3O2. The number of hydrogen-bond donors (Lipinski definition) is 0. The number of aromatic nitrogens is 3. The second-order valence-electron chi connectivity index (χ2n) is 9.49. The Morgan fingerprint density at radius 1 is 1.03 bits per heavy atom. The molecule has 5 heteroatoms. The highest BCUT2D eigenvalue weighted by Crippen LogP contribution is 2.60. The minimum absolute atomic E-state index is 0.0437. The average Bonchev–Trinajstić information content (AvgIpc) is 3.43. The Bertz CT molecular complexity index is 1060. The minimum atomic E-state index is -0.0437. The Kier molecular flexibility index (Phi) is 4.05. The first-order chi connectivity index (χ1) is 14.7. The molecule has 0 amide bonds. The maximum absolute atomic E-state index is 12.5. The zero-order valence-electron chi connectivity index (χ0n) is 16.9. The number of ketones is 1. The van der Waals surface area contributed by atoms with Crippen LogP contribution in [-0.4, -0.2) is 20.8 Å². The summed E-state index contributed by atoms with van der Waals surface area (Å²) in [6, 6.07) is 11.3. The third kappa shape index (κ3) is 2.95. The summed E-state index contributed by atoms with van der Waals surface area (Å²) in [6.45, 7) is 0. The fourth-order valence-corrected chi connectivity index (χ4v) is 6.62. The first-order valence-electron chi connectivity index (χ1n) is 11.0. The van der Waals surface area contributed by atoms with Crippen molar-refractivity contribution in [3.63, 3.8) is 0 Å². The van der Waals surface area contributed by atoms with Crippen LogP contribution < -0.4 is 0 Å². The van der Waals surface area contributed by atoms with Gasteiger partial charge in [0.15, 0.2) is 5.78 Å². The van der Waals surface area contributed by atoms with Crippen LogP contribution in [0, 0.1) is 17.8 Å². The van der Waals surface area contributed by atoms with Crippen LogP contribution in [0.15, 0.2) is 59.4 Å². The van der Waals surface area contributed by atoms with Gasteiger partial charge >= 0.3 is 0 Å². The van der Waals surface area contributed by atoms with Gasteiger partial charge in [-0.2, -0.15) is 0 Å². The Morgan fingerprint density at radius 3 is 2.37 bits per heavy atom. The molecule has 4 saturated carbocycles. The molecule has 3 aromatic rings. The SMILES string of the molecule is O=C(C=Cc1ccco1)c1ccc(-n2nncc2C23CC4CC(CC(C4)C2)C3)cc1. The van der Waals surface area contributed by atoms with E-state index in [-0.39, 0.29) is 11.2 Å². The Labute approximate surface area is 175 Å². The fourth-order valence-electron chi connectivity index (χ4n) is 6.62. The van der Waals surface area contributed by atoms with Crippen molar-refractivity contribution in [2.75, 3.05) is 0 Å².